The fourth-order valence-corrected chi connectivity index (χ4v) is 2.96. The van der Waals surface area contributed by atoms with Crippen LogP contribution in [0, 0.1) is 0 Å². The van der Waals surface area contributed by atoms with Crippen LogP contribution in [0.2, 0.25) is 0 Å². The Morgan fingerprint density at radius 1 is 0.905 bits per heavy atom. The van der Waals surface area contributed by atoms with Crippen LogP contribution in [0.1, 0.15) is 17.5 Å². The lowest BCUT2D eigenvalue weighted by molar-refractivity contribution is 0.143. The SMILES string of the molecule is c1ccc(CCOCCN2CCCc3ccccc32)cc1. The van der Waals surface area contributed by atoms with Crippen molar-refractivity contribution in [3.8, 4) is 0 Å². The summed E-state index contributed by atoms with van der Waals surface area (Å²) in [5.41, 5.74) is 4.23. The first kappa shape index (κ1) is 14.2. The zero-order valence-corrected chi connectivity index (χ0v) is 12.5. The molecule has 0 atom stereocenters. The van der Waals surface area contributed by atoms with E-state index in [-0.39, 0.29) is 0 Å². The highest BCUT2D eigenvalue weighted by molar-refractivity contribution is 5.55. The zero-order valence-electron chi connectivity index (χ0n) is 12.5. The van der Waals surface area contributed by atoms with Crippen molar-refractivity contribution in [1.29, 1.82) is 0 Å². The van der Waals surface area contributed by atoms with E-state index in [4.69, 9.17) is 4.74 Å². The number of aryl methyl sites for hydroxylation is 1. The van der Waals surface area contributed by atoms with Crippen molar-refractivity contribution in [3.05, 3.63) is 65.7 Å². The molecule has 0 bridgehead atoms. The number of hydrogen-bond acceptors (Lipinski definition) is 2. The first-order chi connectivity index (χ1) is 10.4. The highest BCUT2D eigenvalue weighted by atomic mass is 16.5. The molecule has 1 aliphatic heterocycles. The van der Waals surface area contributed by atoms with Gasteiger partial charge in [-0.1, -0.05) is 48.5 Å². The molecule has 110 valence electrons. The van der Waals surface area contributed by atoms with Gasteiger partial charge in [0.15, 0.2) is 0 Å². The molecule has 2 heteroatoms. The Morgan fingerprint density at radius 2 is 1.71 bits per heavy atom. The fourth-order valence-electron chi connectivity index (χ4n) is 2.96. The Bertz CT molecular complexity index is 553. The average molecular weight is 281 g/mol. The number of hydrogen-bond donors (Lipinski definition) is 0. The van der Waals surface area contributed by atoms with E-state index in [1.54, 1.807) is 0 Å². The van der Waals surface area contributed by atoms with Crippen LogP contribution in [0.25, 0.3) is 0 Å². The van der Waals surface area contributed by atoms with Crippen LogP contribution < -0.4 is 4.90 Å². The van der Waals surface area contributed by atoms with Gasteiger partial charge in [0.1, 0.15) is 0 Å². The maximum Gasteiger partial charge on any atom is 0.0641 e. The normalized spacial score (nSPS) is 14.0. The maximum absolute atomic E-state index is 5.81. The Balaban J connectivity index is 1.42. The van der Waals surface area contributed by atoms with Crippen LogP contribution in [0.5, 0.6) is 0 Å². The molecule has 2 nitrogen and oxygen atoms in total. The summed E-state index contributed by atoms with van der Waals surface area (Å²) >= 11 is 0. The van der Waals surface area contributed by atoms with Crippen LogP contribution in [0.4, 0.5) is 5.69 Å². The molecule has 0 N–H and O–H groups in total. The van der Waals surface area contributed by atoms with Crippen molar-refractivity contribution in [2.45, 2.75) is 19.3 Å². The number of anilines is 1. The number of ether oxygens (including phenoxy) is 1. The third-order valence-electron chi connectivity index (χ3n) is 4.09. The number of benzene rings is 2. The molecule has 0 saturated heterocycles. The molecule has 2 aromatic rings. The highest BCUT2D eigenvalue weighted by Crippen LogP contribution is 2.26. The van der Waals surface area contributed by atoms with Crippen LogP contribution in [-0.2, 0) is 17.6 Å². The second-order valence-corrected chi connectivity index (χ2v) is 5.57. The van der Waals surface area contributed by atoms with E-state index in [0.29, 0.717) is 0 Å². The number of rotatable bonds is 6. The molecule has 1 heterocycles. The van der Waals surface area contributed by atoms with Gasteiger partial charge in [-0.15, -0.1) is 0 Å². The summed E-state index contributed by atoms with van der Waals surface area (Å²) in [7, 11) is 0. The molecule has 0 amide bonds. The number of para-hydroxylation sites is 1. The third-order valence-corrected chi connectivity index (χ3v) is 4.09. The second kappa shape index (κ2) is 7.28. The molecule has 21 heavy (non-hydrogen) atoms. The molecule has 1 aliphatic rings. The predicted molar refractivity (Wildman–Crippen MR) is 87.9 cm³/mol. The summed E-state index contributed by atoms with van der Waals surface area (Å²) in [6.45, 7) is 3.76. The Labute approximate surface area is 127 Å². The van der Waals surface area contributed by atoms with Crippen molar-refractivity contribution in [3.63, 3.8) is 0 Å². The monoisotopic (exact) mass is 281 g/mol. The van der Waals surface area contributed by atoms with E-state index in [0.717, 1.165) is 32.7 Å². The second-order valence-electron chi connectivity index (χ2n) is 5.57. The standard InChI is InChI=1S/C19H23NO/c1-2-7-17(8-3-1)12-15-21-16-14-20-13-6-10-18-9-4-5-11-19(18)20/h1-5,7-9,11H,6,10,12-16H2. The topological polar surface area (TPSA) is 12.5 Å². The molecule has 0 radical (unpaired) electrons. The highest BCUT2D eigenvalue weighted by Gasteiger charge is 2.15. The quantitative estimate of drug-likeness (QED) is 0.749. The summed E-state index contributed by atoms with van der Waals surface area (Å²) in [6, 6.07) is 19.3. The first-order valence-electron chi connectivity index (χ1n) is 7.88. The molecule has 2 aromatic carbocycles. The van der Waals surface area contributed by atoms with E-state index >= 15 is 0 Å². The Morgan fingerprint density at radius 3 is 2.62 bits per heavy atom. The summed E-state index contributed by atoms with van der Waals surface area (Å²) in [5.74, 6) is 0. The molecular formula is C19H23NO. The van der Waals surface area contributed by atoms with Gasteiger partial charge in [0.25, 0.3) is 0 Å². The van der Waals surface area contributed by atoms with E-state index in [9.17, 15) is 0 Å². The minimum atomic E-state index is 0.805. The van der Waals surface area contributed by atoms with Crippen molar-refractivity contribution in [2.75, 3.05) is 31.2 Å². The van der Waals surface area contributed by atoms with Crippen LogP contribution >= 0.6 is 0 Å². The minimum absolute atomic E-state index is 0.805. The van der Waals surface area contributed by atoms with Gasteiger partial charge in [-0.25, -0.2) is 0 Å². The van der Waals surface area contributed by atoms with Crippen LogP contribution in [0.15, 0.2) is 54.6 Å². The van der Waals surface area contributed by atoms with Crippen molar-refractivity contribution < 1.29 is 4.74 Å². The fraction of sp³-hybridized carbons (Fsp3) is 0.368. The summed E-state index contributed by atoms with van der Waals surface area (Å²) in [4.78, 5) is 2.46. The first-order valence-corrected chi connectivity index (χ1v) is 7.88. The zero-order chi connectivity index (χ0) is 14.3. The summed E-state index contributed by atoms with van der Waals surface area (Å²) in [5, 5.41) is 0. The summed E-state index contributed by atoms with van der Waals surface area (Å²) in [6.07, 6.45) is 3.46. The van der Waals surface area contributed by atoms with Crippen LogP contribution in [0.3, 0.4) is 0 Å². The minimum Gasteiger partial charge on any atom is -0.379 e. The number of nitrogens with zero attached hydrogens (tertiary/aromatic N) is 1. The average Bonchev–Trinajstić information content (AvgIpc) is 2.56. The van der Waals surface area contributed by atoms with Crippen molar-refractivity contribution in [2.24, 2.45) is 0 Å². The number of fused-ring (bicyclic) bond motifs is 1. The molecule has 0 unspecified atom stereocenters. The van der Waals surface area contributed by atoms with Crippen LogP contribution in [-0.4, -0.2) is 26.3 Å². The Hall–Kier alpha value is -1.80. The van der Waals surface area contributed by atoms with Crippen molar-refractivity contribution >= 4 is 5.69 Å². The Kier molecular flexibility index (Phi) is 4.90. The lowest BCUT2D eigenvalue weighted by Crippen LogP contribution is -2.32. The summed E-state index contributed by atoms with van der Waals surface area (Å²) < 4.78 is 5.81. The third kappa shape index (κ3) is 3.85. The molecule has 0 aliphatic carbocycles. The van der Waals surface area contributed by atoms with Crippen molar-refractivity contribution in [1.82, 2.24) is 0 Å². The largest absolute Gasteiger partial charge is 0.379 e. The predicted octanol–water partition coefficient (Wildman–Crippen LogP) is 3.70. The van der Waals surface area contributed by atoms with Gasteiger partial charge in [0.05, 0.1) is 13.2 Å². The van der Waals surface area contributed by atoms with Gasteiger partial charge in [-0.3, -0.25) is 0 Å². The van der Waals surface area contributed by atoms with Gasteiger partial charge in [-0.2, -0.15) is 0 Å². The smallest absolute Gasteiger partial charge is 0.0641 e. The van der Waals surface area contributed by atoms with E-state index in [1.807, 2.05) is 0 Å². The lowest BCUT2D eigenvalue weighted by Gasteiger charge is -2.31. The van der Waals surface area contributed by atoms with E-state index < -0.39 is 0 Å². The molecule has 3 rings (SSSR count). The van der Waals surface area contributed by atoms with Gasteiger partial charge < -0.3 is 9.64 Å². The molecule has 0 saturated carbocycles. The maximum atomic E-state index is 5.81. The van der Waals surface area contributed by atoms with Gasteiger partial charge in [0, 0.05) is 18.8 Å². The molecule has 0 fully saturated rings. The van der Waals surface area contributed by atoms with E-state index in [1.165, 1.54) is 29.7 Å². The molecule has 0 aromatic heterocycles. The van der Waals surface area contributed by atoms with Gasteiger partial charge in [-0.05, 0) is 36.5 Å². The lowest BCUT2D eigenvalue weighted by atomic mass is 10.0. The molecule has 0 spiro atoms. The van der Waals surface area contributed by atoms with Gasteiger partial charge >= 0.3 is 0 Å². The van der Waals surface area contributed by atoms with Gasteiger partial charge in [0.2, 0.25) is 0 Å². The van der Waals surface area contributed by atoms with E-state index in [2.05, 4.69) is 59.5 Å². The molecular weight excluding hydrogens is 258 g/mol.